The lowest BCUT2D eigenvalue weighted by Crippen LogP contribution is -2.23. The van der Waals surface area contributed by atoms with E-state index in [9.17, 15) is 4.79 Å². The van der Waals surface area contributed by atoms with Crippen molar-refractivity contribution in [2.24, 2.45) is 4.99 Å². The van der Waals surface area contributed by atoms with Crippen molar-refractivity contribution in [2.45, 2.75) is 13.5 Å². The van der Waals surface area contributed by atoms with Gasteiger partial charge in [0.05, 0.1) is 5.84 Å². The summed E-state index contributed by atoms with van der Waals surface area (Å²) in [5.74, 6) is 0.910. The number of rotatable bonds is 4. The number of benzene rings is 2. The average molecular weight is 348 g/mol. The minimum atomic E-state index is -0.471. The van der Waals surface area contributed by atoms with E-state index in [4.69, 9.17) is 4.74 Å². The Balaban J connectivity index is 0.00000288. The predicted octanol–water partition coefficient (Wildman–Crippen LogP) is 4.34. The van der Waals surface area contributed by atoms with E-state index >= 15 is 0 Å². The number of ether oxygens (including phenoxy) is 1. The molecule has 0 radical (unpaired) electrons. The Labute approximate surface area is 148 Å². The zero-order valence-electron chi connectivity index (χ0n) is 14.0. The molecule has 0 bridgehead atoms. The molecule has 0 heterocycles. The van der Waals surface area contributed by atoms with Crippen LogP contribution in [0.5, 0.6) is 0 Å². The first kappa shape index (κ1) is 19.5. The van der Waals surface area contributed by atoms with E-state index in [1.807, 2.05) is 73.5 Å². The Hall–Kier alpha value is -2.53. The van der Waals surface area contributed by atoms with Gasteiger partial charge < -0.3 is 9.64 Å². The van der Waals surface area contributed by atoms with E-state index < -0.39 is 6.09 Å². The van der Waals surface area contributed by atoms with Gasteiger partial charge in [-0.25, -0.2) is 4.79 Å². The molecule has 6 heteroatoms. The zero-order chi connectivity index (χ0) is 16.7. The van der Waals surface area contributed by atoms with Crippen LogP contribution in [-0.2, 0) is 11.3 Å². The number of amides is 1. The fourth-order valence-electron chi connectivity index (χ4n) is 1.98. The second-order valence-corrected chi connectivity index (χ2v) is 5.06. The highest BCUT2D eigenvalue weighted by atomic mass is 35.5. The van der Waals surface area contributed by atoms with Crippen LogP contribution < -0.4 is 10.2 Å². The Morgan fingerprint density at radius 2 is 1.75 bits per heavy atom. The maximum Gasteiger partial charge on any atom is 0.411 e. The van der Waals surface area contributed by atoms with Gasteiger partial charge in [-0.15, -0.1) is 12.4 Å². The van der Waals surface area contributed by atoms with Gasteiger partial charge in [-0.2, -0.15) is 0 Å². The standard InChI is InChI=1S/C18H21N3O2.ClH/c1-14(19-2)21(3)17-11-9-16(10-12-17)20-18(22)23-13-15-7-5-4-6-8-15;/h4-12H,13H2,1-3H3,(H,20,22);1H. The van der Waals surface area contributed by atoms with Crippen LogP contribution in [-0.4, -0.2) is 26.0 Å². The van der Waals surface area contributed by atoms with E-state index in [1.165, 1.54) is 0 Å². The molecule has 0 unspecified atom stereocenters. The fraction of sp³-hybridized carbons (Fsp3) is 0.222. The van der Waals surface area contributed by atoms with Gasteiger partial charge in [-0.1, -0.05) is 30.3 Å². The maximum atomic E-state index is 11.8. The van der Waals surface area contributed by atoms with Crippen LogP contribution in [0.25, 0.3) is 0 Å². The lowest BCUT2D eigenvalue weighted by molar-refractivity contribution is 0.155. The molecule has 0 spiro atoms. The van der Waals surface area contributed by atoms with Gasteiger partial charge in [0.1, 0.15) is 6.61 Å². The third kappa shape index (κ3) is 5.59. The molecule has 128 valence electrons. The number of hydrogen-bond donors (Lipinski definition) is 1. The third-order valence-electron chi connectivity index (χ3n) is 3.52. The Morgan fingerprint density at radius 3 is 2.33 bits per heavy atom. The largest absolute Gasteiger partial charge is 0.444 e. The zero-order valence-corrected chi connectivity index (χ0v) is 14.8. The number of hydrogen-bond acceptors (Lipinski definition) is 3. The van der Waals surface area contributed by atoms with Crippen molar-refractivity contribution in [3.05, 3.63) is 60.2 Å². The molecule has 5 nitrogen and oxygen atoms in total. The van der Waals surface area contributed by atoms with Crippen molar-refractivity contribution in [1.29, 1.82) is 0 Å². The number of anilines is 2. The molecule has 0 aliphatic heterocycles. The number of halogens is 1. The minimum absolute atomic E-state index is 0. The molecule has 0 aromatic heterocycles. The summed E-state index contributed by atoms with van der Waals surface area (Å²) >= 11 is 0. The Kier molecular flexibility index (Phi) is 7.79. The van der Waals surface area contributed by atoms with E-state index in [0.717, 1.165) is 17.1 Å². The summed E-state index contributed by atoms with van der Waals surface area (Å²) in [5.41, 5.74) is 2.64. The Morgan fingerprint density at radius 1 is 1.12 bits per heavy atom. The minimum Gasteiger partial charge on any atom is -0.444 e. The van der Waals surface area contributed by atoms with Crippen LogP contribution in [0.3, 0.4) is 0 Å². The van der Waals surface area contributed by atoms with Gasteiger partial charge in [0.15, 0.2) is 0 Å². The fourth-order valence-corrected chi connectivity index (χ4v) is 1.98. The second-order valence-electron chi connectivity index (χ2n) is 5.06. The van der Waals surface area contributed by atoms with Crippen molar-refractivity contribution in [3.63, 3.8) is 0 Å². The summed E-state index contributed by atoms with van der Waals surface area (Å²) in [6, 6.07) is 17.1. The summed E-state index contributed by atoms with van der Waals surface area (Å²) in [6.07, 6.45) is -0.471. The molecular weight excluding hydrogens is 326 g/mol. The van der Waals surface area contributed by atoms with Crippen molar-refractivity contribution in [3.8, 4) is 0 Å². The first-order chi connectivity index (χ1) is 11.1. The van der Waals surface area contributed by atoms with Crippen LogP contribution >= 0.6 is 12.4 Å². The molecule has 24 heavy (non-hydrogen) atoms. The molecule has 0 fully saturated rings. The normalized spacial score (nSPS) is 10.5. The van der Waals surface area contributed by atoms with Crippen LogP contribution in [0.4, 0.5) is 16.2 Å². The molecule has 0 atom stereocenters. The Bertz CT molecular complexity index is 672. The van der Waals surface area contributed by atoms with Crippen molar-refractivity contribution in [1.82, 2.24) is 0 Å². The molecule has 0 saturated carbocycles. The topological polar surface area (TPSA) is 53.9 Å². The van der Waals surface area contributed by atoms with Crippen molar-refractivity contribution < 1.29 is 9.53 Å². The molecule has 1 amide bonds. The number of nitrogens with zero attached hydrogens (tertiary/aromatic N) is 2. The summed E-state index contributed by atoms with van der Waals surface area (Å²) in [6.45, 7) is 2.19. The van der Waals surface area contributed by atoms with Crippen LogP contribution in [0.2, 0.25) is 0 Å². The summed E-state index contributed by atoms with van der Waals surface area (Å²) in [4.78, 5) is 17.9. The van der Waals surface area contributed by atoms with Crippen LogP contribution in [0.15, 0.2) is 59.6 Å². The molecule has 2 aromatic rings. The molecule has 2 aromatic carbocycles. The number of amidine groups is 1. The van der Waals surface area contributed by atoms with E-state index in [1.54, 1.807) is 7.05 Å². The first-order valence-corrected chi connectivity index (χ1v) is 7.35. The SMILES string of the molecule is CN=C(C)N(C)c1ccc(NC(=O)OCc2ccccc2)cc1.Cl. The first-order valence-electron chi connectivity index (χ1n) is 7.35. The van der Waals surface area contributed by atoms with Crippen molar-refractivity contribution >= 4 is 35.7 Å². The number of carbonyl (C=O) groups excluding carboxylic acids is 1. The van der Waals surface area contributed by atoms with Gasteiger partial charge in [-0.3, -0.25) is 10.3 Å². The molecule has 1 N–H and O–H groups in total. The molecular formula is C18H22ClN3O2. The summed E-state index contributed by atoms with van der Waals surface area (Å²) in [5, 5.41) is 2.71. The van der Waals surface area contributed by atoms with E-state index in [2.05, 4.69) is 10.3 Å². The molecule has 0 aliphatic rings. The third-order valence-corrected chi connectivity index (χ3v) is 3.52. The molecule has 2 rings (SSSR count). The van der Waals surface area contributed by atoms with Crippen molar-refractivity contribution in [2.75, 3.05) is 24.3 Å². The highest BCUT2D eigenvalue weighted by molar-refractivity contribution is 5.95. The highest BCUT2D eigenvalue weighted by Gasteiger charge is 2.06. The van der Waals surface area contributed by atoms with Gasteiger partial charge in [0, 0.05) is 25.5 Å². The monoisotopic (exact) mass is 347 g/mol. The second kappa shape index (κ2) is 9.57. The number of aliphatic imine (C=N–C) groups is 1. The summed E-state index contributed by atoms with van der Waals surface area (Å²) in [7, 11) is 3.70. The molecule has 0 saturated heterocycles. The van der Waals surface area contributed by atoms with Gasteiger partial charge in [-0.05, 0) is 36.8 Å². The average Bonchev–Trinajstić information content (AvgIpc) is 2.60. The molecule has 0 aliphatic carbocycles. The number of carbonyl (C=O) groups is 1. The van der Waals surface area contributed by atoms with Gasteiger partial charge in [0.2, 0.25) is 0 Å². The highest BCUT2D eigenvalue weighted by Crippen LogP contribution is 2.17. The van der Waals surface area contributed by atoms with Crippen LogP contribution in [0, 0.1) is 0 Å². The summed E-state index contributed by atoms with van der Waals surface area (Å²) < 4.78 is 5.19. The van der Waals surface area contributed by atoms with Gasteiger partial charge in [0.25, 0.3) is 0 Å². The van der Waals surface area contributed by atoms with E-state index in [0.29, 0.717) is 5.69 Å². The van der Waals surface area contributed by atoms with E-state index in [-0.39, 0.29) is 19.0 Å². The van der Waals surface area contributed by atoms with Gasteiger partial charge >= 0.3 is 6.09 Å². The quantitative estimate of drug-likeness (QED) is 0.661. The lowest BCUT2D eigenvalue weighted by Gasteiger charge is -2.18. The smallest absolute Gasteiger partial charge is 0.411 e. The van der Waals surface area contributed by atoms with Crippen LogP contribution in [0.1, 0.15) is 12.5 Å². The maximum absolute atomic E-state index is 11.8. The lowest BCUT2D eigenvalue weighted by atomic mass is 10.2. The predicted molar refractivity (Wildman–Crippen MR) is 101 cm³/mol. The number of nitrogens with one attached hydrogen (secondary N) is 1.